The van der Waals surface area contributed by atoms with Crippen molar-refractivity contribution in [2.24, 2.45) is 0 Å². The van der Waals surface area contributed by atoms with E-state index in [1.165, 1.54) is 6.07 Å². The predicted molar refractivity (Wildman–Crippen MR) is 79.6 cm³/mol. The summed E-state index contributed by atoms with van der Waals surface area (Å²) in [6, 6.07) is 6.96. The lowest BCUT2D eigenvalue weighted by Crippen LogP contribution is -2.37. The lowest BCUT2D eigenvalue weighted by Gasteiger charge is -2.12. The van der Waals surface area contributed by atoms with E-state index in [-0.39, 0.29) is 24.3 Å². The van der Waals surface area contributed by atoms with Gasteiger partial charge in [0.15, 0.2) is 10.4 Å². The summed E-state index contributed by atoms with van der Waals surface area (Å²) in [5.41, 5.74) is 0. The van der Waals surface area contributed by atoms with Crippen LogP contribution in [-0.2, 0) is 4.79 Å². The molecule has 0 unspecified atom stereocenters. The average Bonchev–Trinajstić information content (AvgIpc) is 3.06. The largest absolute Gasteiger partial charge is 0.444 e. The minimum absolute atomic E-state index is 0.0721. The number of hydrogen-bond donors (Lipinski definition) is 2. The molecule has 7 heteroatoms. The number of carbonyl (C=O) groups excluding carboxylic acids is 2. The Bertz CT molecular complexity index is 595. The van der Waals surface area contributed by atoms with Gasteiger partial charge in [-0.3, -0.25) is 9.59 Å². The second-order valence-electron chi connectivity index (χ2n) is 4.09. The van der Waals surface area contributed by atoms with Gasteiger partial charge in [-0.15, -0.1) is 11.3 Å². The van der Waals surface area contributed by atoms with Crippen molar-refractivity contribution in [1.29, 1.82) is 0 Å². The van der Waals surface area contributed by atoms with Crippen LogP contribution < -0.4 is 10.6 Å². The number of halogens is 1. The number of carbonyl (C=O) groups is 2. The standard InChI is InChI=1S/C13H13BrN2O3S/c1-8(10-3-2-6-20-10)16-12(17)7-15-13(18)9-4-5-11(14)19-9/h2-6,8H,7H2,1H3,(H,15,18)(H,16,17)/t8-/m0/s1. The molecule has 20 heavy (non-hydrogen) atoms. The Morgan fingerprint density at radius 3 is 2.80 bits per heavy atom. The summed E-state index contributed by atoms with van der Waals surface area (Å²) >= 11 is 4.69. The SMILES string of the molecule is C[C@H](NC(=O)CNC(=O)c1ccc(Br)o1)c1cccs1. The molecule has 2 heterocycles. The molecule has 1 atom stereocenters. The highest BCUT2D eigenvalue weighted by Crippen LogP contribution is 2.17. The highest BCUT2D eigenvalue weighted by Gasteiger charge is 2.14. The Kier molecular flexibility index (Phi) is 4.97. The molecule has 0 saturated carbocycles. The molecular formula is C13H13BrN2O3S. The maximum atomic E-state index is 11.7. The van der Waals surface area contributed by atoms with Crippen molar-refractivity contribution < 1.29 is 14.0 Å². The van der Waals surface area contributed by atoms with Crippen LogP contribution in [0.15, 0.2) is 38.7 Å². The fraction of sp³-hybridized carbons (Fsp3) is 0.231. The lowest BCUT2D eigenvalue weighted by molar-refractivity contribution is -0.120. The summed E-state index contributed by atoms with van der Waals surface area (Å²) in [7, 11) is 0. The Morgan fingerprint density at radius 2 is 2.20 bits per heavy atom. The van der Waals surface area contributed by atoms with Crippen molar-refractivity contribution in [2.45, 2.75) is 13.0 Å². The number of rotatable bonds is 5. The lowest BCUT2D eigenvalue weighted by atomic mass is 10.3. The molecule has 2 rings (SSSR count). The van der Waals surface area contributed by atoms with Crippen molar-refractivity contribution in [2.75, 3.05) is 6.54 Å². The maximum Gasteiger partial charge on any atom is 0.287 e. The van der Waals surface area contributed by atoms with Crippen molar-refractivity contribution in [3.05, 3.63) is 45.0 Å². The van der Waals surface area contributed by atoms with Gasteiger partial charge in [-0.05, 0) is 46.4 Å². The first kappa shape index (κ1) is 14.8. The smallest absolute Gasteiger partial charge is 0.287 e. The third-order valence-corrected chi connectivity index (χ3v) is 4.04. The number of amides is 2. The molecule has 0 saturated heterocycles. The van der Waals surface area contributed by atoms with Crippen LogP contribution in [0.2, 0.25) is 0 Å². The Balaban J connectivity index is 1.79. The first-order valence-corrected chi connectivity index (χ1v) is 7.60. The Labute approximate surface area is 128 Å². The van der Waals surface area contributed by atoms with Crippen molar-refractivity contribution >= 4 is 39.1 Å². The summed E-state index contributed by atoms with van der Waals surface area (Å²) in [5, 5.41) is 7.26. The van der Waals surface area contributed by atoms with Crippen LogP contribution >= 0.6 is 27.3 Å². The van der Waals surface area contributed by atoms with Crippen molar-refractivity contribution in [3.8, 4) is 0 Å². The van der Waals surface area contributed by atoms with Crippen molar-refractivity contribution in [1.82, 2.24) is 10.6 Å². The highest BCUT2D eigenvalue weighted by molar-refractivity contribution is 9.10. The highest BCUT2D eigenvalue weighted by atomic mass is 79.9. The minimum atomic E-state index is -0.422. The molecule has 106 valence electrons. The zero-order valence-corrected chi connectivity index (χ0v) is 13.1. The van der Waals surface area contributed by atoms with E-state index in [1.54, 1.807) is 17.4 Å². The number of furan rings is 1. The van der Waals surface area contributed by atoms with Gasteiger partial charge in [0.25, 0.3) is 5.91 Å². The molecule has 5 nitrogen and oxygen atoms in total. The van der Waals surface area contributed by atoms with Crippen LogP contribution in [0, 0.1) is 0 Å². The third-order valence-electron chi connectivity index (χ3n) is 2.55. The zero-order valence-electron chi connectivity index (χ0n) is 10.7. The molecule has 2 N–H and O–H groups in total. The first-order chi connectivity index (χ1) is 9.56. The fourth-order valence-electron chi connectivity index (χ4n) is 1.59. The first-order valence-electron chi connectivity index (χ1n) is 5.92. The molecule has 0 aromatic carbocycles. The number of nitrogens with one attached hydrogen (secondary N) is 2. The van der Waals surface area contributed by atoms with Gasteiger partial charge in [-0.2, -0.15) is 0 Å². The Morgan fingerprint density at radius 1 is 1.40 bits per heavy atom. The summed E-state index contributed by atoms with van der Waals surface area (Å²) in [4.78, 5) is 24.5. The molecule has 0 aliphatic heterocycles. The molecule has 0 aliphatic carbocycles. The third kappa shape index (κ3) is 3.94. The molecule has 0 radical (unpaired) electrons. The van der Waals surface area contributed by atoms with E-state index in [2.05, 4.69) is 26.6 Å². The van der Waals surface area contributed by atoms with E-state index >= 15 is 0 Å². The zero-order chi connectivity index (χ0) is 14.5. The second kappa shape index (κ2) is 6.71. The van der Waals surface area contributed by atoms with Crippen LogP contribution in [-0.4, -0.2) is 18.4 Å². The Hall–Kier alpha value is -1.60. The average molecular weight is 357 g/mol. The van der Waals surface area contributed by atoms with Gasteiger partial charge in [0.05, 0.1) is 12.6 Å². The number of thiophene rings is 1. The number of hydrogen-bond acceptors (Lipinski definition) is 4. The van der Waals surface area contributed by atoms with E-state index in [1.807, 2.05) is 24.4 Å². The normalized spacial score (nSPS) is 11.9. The van der Waals surface area contributed by atoms with E-state index in [0.29, 0.717) is 4.67 Å². The fourth-order valence-corrected chi connectivity index (χ4v) is 2.63. The van der Waals surface area contributed by atoms with Crippen LogP contribution in [0.3, 0.4) is 0 Å². The summed E-state index contributed by atoms with van der Waals surface area (Å²) in [6.45, 7) is 1.81. The quantitative estimate of drug-likeness (QED) is 0.864. The maximum absolute atomic E-state index is 11.7. The van der Waals surface area contributed by atoms with Gasteiger partial charge in [-0.1, -0.05) is 6.07 Å². The molecule has 0 bridgehead atoms. The van der Waals surface area contributed by atoms with Crippen LogP contribution in [0.4, 0.5) is 0 Å². The summed E-state index contributed by atoms with van der Waals surface area (Å²) < 4.78 is 5.56. The van der Waals surface area contributed by atoms with Gasteiger partial charge in [0, 0.05) is 4.88 Å². The molecular weight excluding hydrogens is 344 g/mol. The molecule has 0 aliphatic rings. The van der Waals surface area contributed by atoms with Gasteiger partial charge < -0.3 is 15.1 Å². The summed E-state index contributed by atoms with van der Waals surface area (Å²) in [5.74, 6) is -0.504. The van der Waals surface area contributed by atoms with Gasteiger partial charge >= 0.3 is 0 Å². The van der Waals surface area contributed by atoms with Gasteiger partial charge in [0.2, 0.25) is 5.91 Å². The van der Waals surface area contributed by atoms with Gasteiger partial charge in [-0.25, -0.2) is 0 Å². The van der Waals surface area contributed by atoms with E-state index in [9.17, 15) is 9.59 Å². The van der Waals surface area contributed by atoms with Gasteiger partial charge in [0.1, 0.15) is 0 Å². The molecule has 0 fully saturated rings. The van der Waals surface area contributed by atoms with Crippen LogP contribution in [0.1, 0.15) is 28.4 Å². The minimum Gasteiger partial charge on any atom is -0.444 e. The van der Waals surface area contributed by atoms with Crippen LogP contribution in [0.25, 0.3) is 0 Å². The molecule has 2 aromatic rings. The molecule has 0 spiro atoms. The second-order valence-corrected chi connectivity index (χ2v) is 5.85. The van der Waals surface area contributed by atoms with Crippen molar-refractivity contribution in [3.63, 3.8) is 0 Å². The van der Waals surface area contributed by atoms with Crippen LogP contribution in [0.5, 0.6) is 0 Å². The monoisotopic (exact) mass is 356 g/mol. The van der Waals surface area contributed by atoms with E-state index in [4.69, 9.17) is 4.42 Å². The van der Waals surface area contributed by atoms with E-state index in [0.717, 1.165) is 4.88 Å². The predicted octanol–water partition coefficient (Wildman–Crippen LogP) is 2.71. The topological polar surface area (TPSA) is 71.3 Å². The summed E-state index contributed by atoms with van der Waals surface area (Å²) in [6.07, 6.45) is 0. The van der Waals surface area contributed by atoms with E-state index < -0.39 is 5.91 Å². The molecule has 2 aromatic heterocycles. The molecule has 2 amide bonds.